The van der Waals surface area contributed by atoms with Crippen LogP contribution in [-0.4, -0.2) is 27.0 Å². The van der Waals surface area contributed by atoms with Gasteiger partial charge in [-0.1, -0.05) is 12.1 Å². The highest BCUT2D eigenvalue weighted by Crippen LogP contribution is 2.34. The van der Waals surface area contributed by atoms with Crippen molar-refractivity contribution in [3.05, 3.63) is 69.4 Å². The number of aromatic carboxylic acids is 1. The number of carbonyl (C=O) groups is 1. The van der Waals surface area contributed by atoms with Crippen LogP contribution in [0.25, 0.3) is 10.9 Å². The molecule has 0 spiro atoms. The fourth-order valence-corrected chi connectivity index (χ4v) is 3.55. The molecule has 0 saturated heterocycles. The molecule has 0 bridgehead atoms. The number of aryl methyl sites for hydroxylation is 1. The molecule has 7 nitrogen and oxygen atoms in total. The lowest BCUT2D eigenvalue weighted by Gasteiger charge is -2.10. The van der Waals surface area contributed by atoms with Gasteiger partial charge in [-0.3, -0.25) is 10.1 Å². The maximum Gasteiger partial charge on any atom is 0.352 e. The lowest BCUT2D eigenvalue weighted by atomic mass is 10.0. The number of benzene rings is 2. The quantitative estimate of drug-likeness (QED) is 0.479. The van der Waals surface area contributed by atoms with Gasteiger partial charge in [0.25, 0.3) is 5.69 Å². The summed E-state index contributed by atoms with van der Waals surface area (Å²) < 4.78 is 0. The van der Waals surface area contributed by atoms with E-state index in [2.05, 4.69) is 10.3 Å². The molecule has 1 aliphatic heterocycles. The number of rotatable bonds is 5. The van der Waals surface area contributed by atoms with Gasteiger partial charge in [-0.2, -0.15) is 0 Å². The predicted molar refractivity (Wildman–Crippen MR) is 97.8 cm³/mol. The third-order valence-electron chi connectivity index (χ3n) is 4.88. The summed E-state index contributed by atoms with van der Waals surface area (Å²) in [7, 11) is 0. The molecule has 3 N–H and O–H groups in total. The van der Waals surface area contributed by atoms with E-state index < -0.39 is 10.9 Å². The second-order valence-corrected chi connectivity index (χ2v) is 6.55. The highest BCUT2D eigenvalue weighted by atomic mass is 16.6. The van der Waals surface area contributed by atoms with Crippen LogP contribution in [0, 0.1) is 10.1 Å². The highest BCUT2D eigenvalue weighted by Gasteiger charge is 2.23. The summed E-state index contributed by atoms with van der Waals surface area (Å²) in [4.78, 5) is 24.4. The Morgan fingerprint density at radius 3 is 2.69 bits per heavy atom. The molecular formula is C19H17N3O4. The van der Waals surface area contributed by atoms with Crippen LogP contribution in [0.15, 0.2) is 42.5 Å². The summed E-state index contributed by atoms with van der Waals surface area (Å²) in [5.74, 6) is -0.962. The minimum atomic E-state index is -0.962. The number of nitrogens with one attached hydrogen (secondary N) is 2. The number of anilines is 1. The molecule has 2 heterocycles. The van der Waals surface area contributed by atoms with Gasteiger partial charge in [-0.05, 0) is 48.6 Å². The zero-order chi connectivity index (χ0) is 18.3. The first-order valence-electron chi connectivity index (χ1n) is 8.39. The summed E-state index contributed by atoms with van der Waals surface area (Å²) in [6, 6.07) is 12.5. The number of H-pyrrole nitrogens is 1. The number of nitrogens with zero attached hydrogens (tertiary/aromatic N) is 1. The molecule has 1 aromatic heterocycles. The fraction of sp³-hybridized carbons (Fsp3) is 0.211. The summed E-state index contributed by atoms with van der Waals surface area (Å²) in [5.41, 5.74) is 4.38. The average molecular weight is 351 g/mol. The van der Waals surface area contributed by atoms with E-state index in [0.717, 1.165) is 47.0 Å². The maximum absolute atomic E-state index is 11.2. The van der Waals surface area contributed by atoms with Gasteiger partial charge in [0.1, 0.15) is 5.69 Å². The van der Waals surface area contributed by atoms with E-state index in [-0.39, 0.29) is 17.4 Å². The molecule has 0 aliphatic carbocycles. The third kappa shape index (κ3) is 2.88. The minimum absolute atomic E-state index is 0.101. The van der Waals surface area contributed by atoms with Crippen molar-refractivity contribution < 1.29 is 14.8 Å². The number of nitro benzene ring substituents is 1. The Morgan fingerprint density at radius 2 is 2.00 bits per heavy atom. The van der Waals surface area contributed by atoms with E-state index in [0.29, 0.717) is 0 Å². The lowest BCUT2D eigenvalue weighted by Crippen LogP contribution is -2.16. The molecule has 4 rings (SSSR count). The molecule has 7 heteroatoms. The smallest absolute Gasteiger partial charge is 0.352 e. The van der Waals surface area contributed by atoms with E-state index >= 15 is 0 Å². The van der Waals surface area contributed by atoms with E-state index in [1.807, 2.05) is 12.1 Å². The Morgan fingerprint density at radius 1 is 1.23 bits per heavy atom. The molecule has 3 aromatic rings. The molecule has 132 valence electrons. The molecule has 1 unspecified atom stereocenters. The normalized spacial score (nSPS) is 15.6. The van der Waals surface area contributed by atoms with E-state index in [4.69, 9.17) is 5.11 Å². The van der Waals surface area contributed by atoms with Gasteiger partial charge in [-0.15, -0.1) is 0 Å². The molecule has 0 saturated carbocycles. The van der Waals surface area contributed by atoms with Crippen LogP contribution in [0.1, 0.15) is 28.0 Å². The number of aromatic amines is 1. The maximum atomic E-state index is 11.2. The van der Waals surface area contributed by atoms with Crippen molar-refractivity contribution in [3.8, 4) is 0 Å². The van der Waals surface area contributed by atoms with Crippen LogP contribution in [0.3, 0.4) is 0 Å². The molecule has 0 fully saturated rings. The van der Waals surface area contributed by atoms with Gasteiger partial charge in [0, 0.05) is 34.8 Å². The number of hydrogen-bond acceptors (Lipinski definition) is 4. The van der Waals surface area contributed by atoms with Crippen LogP contribution < -0.4 is 5.32 Å². The van der Waals surface area contributed by atoms with Crippen LogP contribution in [-0.2, 0) is 12.8 Å². The number of aromatic nitrogens is 1. The second kappa shape index (κ2) is 6.18. The highest BCUT2D eigenvalue weighted by molar-refractivity contribution is 5.97. The predicted octanol–water partition coefficient (Wildman–Crippen LogP) is 3.74. The van der Waals surface area contributed by atoms with Crippen molar-refractivity contribution in [3.63, 3.8) is 0 Å². The van der Waals surface area contributed by atoms with E-state index in [9.17, 15) is 14.9 Å². The SMILES string of the molecule is O=C(O)c1cc2c3c(ccc2[nH]1)NC(CCc1ccc([N+](=O)[O-])cc1)C3. The largest absolute Gasteiger partial charge is 0.477 e. The topological polar surface area (TPSA) is 108 Å². The average Bonchev–Trinajstić information content (AvgIpc) is 3.23. The molecule has 0 radical (unpaired) electrons. The first-order valence-corrected chi connectivity index (χ1v) is 8.39. The number of fused-ring (bicyclic) bond motifs is 3. The fourth-order valence-electron chi connectivity index (χ4n) is 3.55. The molecular weight excluding hydrogens is 334 g/mol. The zero-order valence-corrected chi connectivity index (χ0v) is 13.9. The number of non-ortho nitro benzene ring substituents is 1. The van der Waals surface area contributed by atoms with Crippen LogP contribution in [0.5, 0.6) is 0 Å². The van der Waals surface area contributed by atoms with Crippen molar-refractivity contribution in [2.24, 2.45) is 0 Å². The van der Waals surface area contributed by atoms with Crippen molar-refractivity contribution >= 4 is 28.2 Å². The van der Waals surface area contributed by atoms with Crippen molar-refractivity contribution in [2.75, 3.05) is 5.32 Å². The number of nitro groups is 1. The van der Waals surface area contributed by atoms with Gasteiger partial charge in [-0.25, -0.2) is 4.79 Å². The standard InChI is InChI=1S/C19H17N3O4/c23-19(24)18-10-15-14-9-12(20-16(14)7-8-17(15)21-18)4-1-11-2-5-13(6-3-11)22(25)26/h2-3,5-8,10,12,20-21H,1,4,9H2,(H,23,24). The molecule has 1 atom stereocenters. The van der Waals surface area contributed by atoms with Crippen molar-refractivity contribution in [2.45, 2.75) is 25.3 Å². The molecule has 1 aliphatic rings. The second-order valence-electron chi connectivity index (χ2n) is 6.55. The summed E-state index contributed by atoms with van der Waals surface area (Å²) in [6.07, 6.45) is 2.54. The van der Waals surface area contributed by atoms with Gasteiger partial charge in [0.2, 0.25) is 0 Å². The summed E-state index contributed by atoms with van der Waals surface area (Å²) in [6.45, 7) is 0. The number of carboxylic acids is 1. The van der Waals surface area contributed by atoms with Crippen molar-refractivity contribution in [1.82, 2.24) is 4.98 Å². The molecule has 2 aromatic carbocycles. The Kier molecular flexibility index (Phi) is 3.84. The molecule has 0 amide bonds. The van der Waals surface area contributed by atoms with Gasteiger partial charge < -0.3 is 15.4 Å². The first-order chi connectivity index (χ1) is 12.5. The Labute approximate surface area is 148 Å². The van der Waals surface area contributed by atoms with Crippen LogP contribution in [0.2, 0.25) is 0 Å². The Balaban J connectivity index is 1.47. The Hall–Kier alpha value is -3.35. The minimum Gasteiger partial charge on any atom is -0.477 e. The third-order valence-corrected chi connectivity index (χ3v) is 4.88. The monoisotopic (exact) mass is 351 g/mol. The van der Waals surface area contributed by atoms with E-state index in [1.54, 1.807) is 18.2 Å². The van der Waals surface area contributed by atoms with Gasteiger partial charge in [0.15, 0.2) is 0 Å². The van der Waals surface area contributed by atoms with Gasteiger partial charge in [0.05, 0.1) is 4.92 Å². The number of carboxylic acid groups (broad SMARTS) is 1. The van der Waals surface area contributed by atoms with E-state index in [1.165, 1.54) is 12.1 Å². The zero-order valence-electron chi connectivity index (χ0n) is 13.9. The van der Waals surface area contributed by atoms with Crippen LogP contribution in [0.4, 0.5) is 11.4 Å². The summed E-state index contributed by atoms with van der Waals surface area (Å²) in [5, 5.41) is 24.3. The van der Waals surface area contributed by atoms with Gasteiger partial charge >= 0.3 is 5.97 Å². The van der Waals surface area contributed by atoms with Crippen molar-refractivity contribution in [1.29, 1.82) is 0 Å². The number of hydrogen-bond donors (Lipinski definition) is 3. The first kappa shape index (κ1) is 16.1. The Bertz CT molecular complexity index is 1010. The summed E-state index contributed by atoms with van der Waals surface area (Å²) >= 11 is 0. The lowest BCUT2D eigenvalue weighted by molar-refractivity contribution is -0.384. The molecule has 26 heavy (non-hydrogen) atoms. The van der Waals surface area contributed by atoms with Crippen LogP contribution >= 0.6 is 0 Å².